The Balaban J connectivity index is 1.85. The second kappa shape index (κ2) is 6.16. The molecule has 0 heterocycles. The summed E-state index contributed by atoms with van der Waals surface area (Å²) in [5.41, 5.74) is 6.04. The number of allylic oxidation sites excluding steroid dienone is 4. The maximum atomic E-state index is 5.86. The molecule has 0 saturated carbocycles. The summed E-state index contributed by atoms with van der Waals surface area (Å²) in [5, 5.41) is 2.64. The summed E-state index contributed by atoms with van der Waals surface area (Å²) in [6, 6.07) is 8.98. The van der Waals surface area contributed by atoms with Gasteiger partial charge in [0.1, 0.15) is 5.75 Å². The fourth-order valence-electron chi connectivity index (χ4n) is 3.76. The van der Waals surface area contributed by atoms with Gasteiger partial charge in [0.15, 0.2) is 0 Å². The molecule has 0 spiro atoms. The Hall–Kier alpha value is -1.54. The van der Waals surface area contributed by atoms with Crippen LogP contribution in [0.25, 0.3) is 16.3 Å². The summed E-state index contributed by atoms with van der Waals surface area (Å²) in [7, 11) is 0. The van der Waals surface area contributed by atoms with Crippen LogP contribution in [0, 0.1) is 0 Å². The van der Waals surface area contributed by atoms with E-state index in [0.717, 1.165) is 29.7 Å². The highest BCUT2D eigenvalue weighted by atomic mass is 79.9. The lowest BCUT2D eigenvalue weighted by Crippen LogP contribution is -2.07. The average molecular weight is 369 g/mol. The van der Waals surface area contributed by atoms with E-state index in [1.807, 2.05) is 0 Å². The molecule has 0 atom stereocenters. The average Bonchev–Trinajstić information content (AvgIpc) is 2.59. The Kier molecular flexibility index (Phi) is 4.02. The van der Waals surface area contributed by atoms with Gasteiger partial charge in [-0.25, -0.2) is 0 Å². The minimum absolute atomic E-state index is 0.760. The molecule has 2 aliphatic carbocycles. The predicted octanol–water partition coefficient (Wildman–Crippen LogP) is 6.44. The topological polar surface area (TPSA) is 9.23 Å². The van der Waals surface area contributed by atoms with Crippen molar-refractivity contribution < 1.29 is 4.74 Å². The standard InChI is InChI=1S/C21H21BrO/c1-2-11-23-21-12-15-8-10-17-16-6-4-3-5-14(16)7-9-18(17)19(15)13-20(21)22/h4,6,8,10,12-13H,2-3,5,7,9,11H2,1H3. The Morgan fingerprint density at radius 1 is 1.13 bits per heavy atom. The summed E-state index contributed by atoms with van der Waals surface area (Å²) in [6.07, 6.45) is 10.5. The van der Waals surface area contributed by atoms with Crippen molar-refractivity contribution >= 4 is 32.3 Å². The Morgan fingerprint density at radius 2 is 2.04 bits per heavy atom. The highest BCUT2D eigenvalue weighted by molar-refractivity contribution is 9.10. The first kappa shape index (κ1) is 15.0. The summed E-state index contributed by atoms with van der Waals surface area (Å²) in [5.74, 6) is 0.951. The molecule has 2 aliphatic rings. The lowest BCUT2D eigenvalue weighted by Gasteiger charge is -2.25. The zero-order valence-electron chi connectivity index (χ0n) is 13.5. The summed E-state index contributed by atoms with van der Waals surface area (Å²) in [6.45, 7) is 2.89. The maximum Gasteiger partial charge on any atom is 0.134 e. The summed E-state index contributed by atoms with van der Waals surface area (Å²) < 4.78 is 6.92. The second-order valence-corrected chi connectivity index (χ2v) is 7.26. The van der Waals surface area contributed by atoms with Crippen molar-refractivity contribution in [3.05, 3.63) is 57.6 Å². The molecule has 0 radical (unpaired) electrons. The minimum atomic E-state index is 0.760. The number of aryl methyl sites for hydroxylation is 1. The van der Waals surface area contributed by atoms with Gasteiger partial charge in [-0.15, -0.1) is 0 Å². The van der Waals surface area contributed by atoms with Crippen LogP contribution < -0.4 is 4.74 Å². The monoisotopic (exact) mass is 368 g/mol. The van der Waals surface area contributed by atoms with E-state index in [-0.39, 0.29) is 0 Å². The molecule has 2 heteroatoms. The van der Waals surface area contributed by atoms with E-state index in [1.54, 1.807) is 5.57 Å². The van der Waals surface area contributed by atoms with Crippen LogP contribution in [0.2, 0.25) is 0 Å². The molecule has 0 unspecified atom stereocenters. The van der Waals surface area contributed by atoms with E-state index in [0.29, 0.717) is 0 Å². The van der Waals surface area contributed by atoms with Gasteiger partial charge in [-0.3, -0.25) is 0 Å². The quantitative estimate of drug-likeness (QED) is 0.605. The second-order valence-electron chi connectivity index (χ2n) is 6.40. The zero-order valence-corrected chi connectivity index (χ0v) is 15.1. The van der Waals surface area contributed by atoms with E-state index in [9.17, 15) is 0 Å². The number of benzene rings is 2. The van der Waals surface area contributed by atoms with Crippen LogP contribution in [0.5, 0.6) is 5.75 Å². The molecule has 1 nitrogen and oxygen atoms in total. The third kappa shape index (κ3) is 2.63. The number of hydrogen-bond donors (Lipinski definition) is 0. The first-order valence-electron chi connectivity index (χ1n) is 8.55. The predicted molar refractivity (Wildman–Crippen MR) is 101 cm³/mol. The largest absolute Gasteiger partial charge is 0.492 e. The zero-order chi connectivity index (χ0) is 15.8. The van der Waals surface area contributed by atoms with Crippen molar-refractivity contribution in [3.63, 3.8) is 0 Å². The molecule has 118 valence electrons. The number of hydrogen-bond acceptors (Lipinski definition) is 1. The fraction of sp³-hybridized carbons (Fsp3) is 0.333. The third-order valence-electron chi connectivity index (χ3n) is 4.89. The van der Waals surface area contributed by atoms with Gasteiger partial charge in [0.05, 0.1) is 11.1 Å². The van der Waals surface area contributed by atoms with Crippen LogP contribution in [0.1, 0.15) is 43.7 Å². The lowest BCUT2D eigenvalue weighted by atomic mass is 9.79. The number of ether oxygens (including phenoxy) is 1. The molecule has 0 bridgehead atoms. The smallest absolute Gasteiger partial charge is 0.134 e. The molecular weight excluding hydrogens is 348 g/mol. The molecule has 0 saturated heterocycles. The van der Waals surface area contributed by atoms with Crippen molar-refractivity contribution in [1.29, 1.82) is 0 Å². The van der Waals surface area contributed by atoms with Crippen molar-refractivity contribution in [3.8, 4) is 5.75 Å². The normalized spacial score (nSPS) is 16.4. The molecule has 23 heavy (non-hydrogen) atoms. The molecule has 2 aromatic carbocycles. The van der Waals surface area contributed by atoms with E-state index in [2.05, 4.69) is 59.3 Å². The van der Waals surface area contributed by atoms with Crippen LogP contribution in [0.3, 0.4) is 0 Å². The molecule has 0 amide bonds. The van der Waals surface area contributed by atoms with Crippen LogP contribution >= 0.6 is 15.9 Å². The van der Waals surface area contributed by atoms with Crippen LogP contribution in [0.4, 0.5) is 0 Å². The first-order valence-corrected chi connectivity index (χ1v) is 9.34. The third-order valence-corrected chi connectivity index (χ3v) is 5.51. The molecule has 0 aliphatic heterocycles. The van der Waals surface area contributed by atoms with Gasteiger partial charge in [-0.2, -0.15) is 0 Å². The highest BCUT2D eigenvalue weighted by Gasteiger charge is 2.21. The van der Waals surface area contributed by atoms with E-state index >= 15 is 0 Å². The maximum absolute atomic E-state index is 5.86. The van der Waals surface area contributed by atoms with E-state index < -0.39 is 0 Å². The van der Waals surface area contributed by atoms with Crippen LogP contribution in [-0.4, -0.2) is 6.61 Å². The van der Waals surface area contributed by atoms with Gasteiger partial charge in [-0.05, 0) is 87.6 Å². The van der Waals surface area contributed by atoms with Crippen molar-refractivity contribution in [2.45, 2.75) is 39.0 Å². The number of rotatable bonds is 3. The van der Waals surface area contributed by atoms with E-state index in [4.69, 9.17) is 4.74 Å². The molecule has 4 rings (SSSR count). The van der Waals surface area contributed by atoms with Gasteiger partial charge in [-0.1, -0.05) is 36.8 Å². The van der Waals surface area contributed by atoms with Crippen LogP contribution in [0.15, 0.2) is 46.5 Å². The van der Waals surface area contributed by atoms with Crippen molar-refractivity contribution in [2.24, 2.45) is 0 Å². The van der Waals surface area contributed by atoms with Gasteiger partial charge < -0.3 is 4.74 Å². The van der Waals surface area contributed by atoms with Crippen molar-refractivity contribution in [2.75, 3.05) is 6.61 Å². The van der Waals surface area contributed by atoms with Gasteiger partial charge in [0.25, 0.3) is 0 Å². The van der Waals surface area contributed by atoms with Gasteiger partial charge in [0.2, 0.25) is 0 Å². The molecule has 0 N–H and O–H groups in total. The summed E-state index contributed by atoms with van der Waals surface area (Å²) in [4.78, 5) is 0. The van der Waals surface area contributed by atoms with Crippen LogP contribution in [-0.2, 0) is 6.42 Å². The Morgan fingerprint density at radius 3 is 2.91 bits per heavy atom. The Bertz CT molecular complexity index is 829. The molecule has 0 fully saturated rings. The number of halogens is 1. The lowest BCUT2D eigenvalue weighted by molar-refractivity contribution is 0.316. The SMILES string of the molecule is CCCOc1cc2ccc3c(c2cc1Br)CCC1=C3C=CCC1. The fourth-order valence-corrected chi connectivity index (χ4v) is 4.22. The molecular formula is C21H21BrO. The minimum Gasteiger partial charge on any atom is -0.492 e. The summed E-state index contributed by atoms with van der Waals surface area (Å²) >= 11 is 3.69. The Labute approximate surface area is 146 Å². The van der Waals surface area contributed by atoms with Crippen molar-refractivity contribution in [1.82, 2.24) is 0 Å². The number of fused-ring (bicyclic) bond motifs is 4. The van der Waals surface area contributed by atoms with E-state index in [1.165, 1.54) is 46.7 Å². The first-order chi connectivity index (χ1) is 11.3. The molecule has 2 aromatic rings. The highest BCUT2D eigenvalue weighted by Crippen LogP contribution is 2.41. The van der Waals surface area contributed by atoms with Gasteiger partial charge in [0, 0.05) is 0 Å². The van der Waals surface area contributed by atoms with Gasteiger partial charge >= 0.3 is 0 Å². The molecule has 0 aromatic heterocycles.